The molecule has 13 nitrogen and oxygen atoms in total. The molecular weight excluding hydrogens is 553 g/mol. The van der Waals surface area contributed by atoms with Gasteiger partial charge in [-0.25, -0.2) is 9.37 Å². The molecule has 0 radical (unpaired) electrons. The maximum absolute atomic E-state index is 13.9. The van der Waals surface area contributed by atoms with E-state index < -0.39 is 11.6 Å². The maximum atomic E-state index is 13.9. The summed E-state index contributed by atoms with van der Waals surface area (Å²) in [6.45, 7) is 3.99. The van der Waals surface area contributed by atoms with Crippen molar-refractivity contribution in [2.75, 3.05) is 19.0 Å². The number of carbonyl (C=O) groups excluding carboxylic acids is 1. The summed E-state index contributed by atoms with van der Waals surface area (Å²) in [5.41, 5.74) is 3.91. The fraction of sp³-hybridized carbons (Fsp3) is 0.207. The normalized spacial score (nSPS) is 13.8. The molecule has 0 spiro atoms. The number of hydrogen-bond donors (Lipinski definition) is 3. The van der Waals surface area contributed by atoms with Crippen molar-refractivity contribution in [2.24, 2.45) is 4.99 Å². The van der Waals surface area contributed by atoms with Gasteiger partial charge in [-0.05, 0) is 55.9 Å². The van der Waals surface area contributed by atoms with Gasteiger partial charge >= 0.3 is 0 Å². The lowest BCUT2D eigenvalue weighted by molar-refractivity contribution is -0.117. The van der Waals surface area contributed by atoms with E-state index in [9.17, 15) is 14.0 Å². The lowest BCUT2D eigenvalue weighted by Gasteiger charge is -2.26. The fourth-order valence-corrected chi connectivity index (χ4v) is 4.87. The van der Waals surface area contributed by atoms with E-state index in [1.807, 2.05) is 53.1 Å². The summed E-state index contributed by atoms with van der Waals surface area (Å²) in [7, 11) is 1.66. The van der Waals surface area contributed by atoms with Gasteiger partial charge < -0.3 is 20.1 Å². The number of aryl methyl sites for hydroxylation is 1. The van der Waals surface area contributed by atoms with Crippen molar-refractivity contribution in [3.63, 3.8) is 0 Å². The van der Waals surface area contributed by atoms with Gasteiger partial charge in [0.25, 0.3) is 5.56 Å². The molecule has 0 aliphatic carbocycles. The van der Waals surface area contributed by atoms with Crippen LogP contribution in [-0.4, -0.2) is 71.5 Å². The highest BCUT2D eigenvalue weighted by atomic mass is 19.1. The first-order valence-electron chi connectivity index (χ1n) is 13.5. The van der Waals surface area contributed by atoms with Crippen molar-refractivity contribution in [1.82, 2.24) is 45.0 Å². The summed E-state index contributed by atoms with van der Waals surface area (Å²) in [6.07, 6.45) is 7.11. The van der Waals surface area contributed by atoms with Crippen LogP contribution >= 0.6 is 0 Å². The van der Waals surface area contributed by atoms with E-state index >= 15 is 0 Å². The largest absolute Gasteiger partial charge is 0.338 e. The molecule has 3 N–H and O–H groups in total. The minimum atomic E-state index is -0.531. The second-order valence-electron chi connectivity index (χ2n) is 10.1. The number of aromatic amines is 1. The van der Waals surface area contributed by atoms with E-state index in [0.717, 1.165) is 22.2 Å². The Morgan fingerprint density at radius 3 is 2.81 bits per heavy atom. The van der Waals surface area contributed by atoms with Crippen LogP contribution < -0.4 is 16.2 Å². The van der Waals surface area contributed by atoms with Gasteiger partial charge in [-0.15, -0.1) is 10.2 Å². The zero-order valence-corrected chi connectivity index (χ0v) is 23.6. The van der Waals surface area contributed by atoms with Crippen LogP contribution in [0.3, 0.4) is 0 Å². The predicted molar refractivity (Wildman–Crippen MR) is 160 cm³/mol. The van der Waals surface area contributed by atoms with Crippen LogP contribution in [-0.2, 0) is 11.5 Å². The smallest absolute Gasteiger partial charge is 0.295 e. The van der Waals surface area contributed by atoms with Gasteiger partial charge in [0.15, 0.2) is 5.82 Å². The van der Waals surface area contributed by atoms with Crippen molar-refractivity contribution in [3.05, 3.63) is 82.8 Å². The number of benzene rings is 2. The van der Waals surface area contributed by atoms with Crippen molar-refractivity contribution in [3.8, 4) is 22.6 Å². The van der Waals surface area contributed by atoms with Gasteiger partial charge in [0, 0.05) is 35.1 Å². The number of anilines is 1. The number of nitrogens with one attached hydrogen (secondary N) is 3. The average molecular weight is 582 g/mol. The molecule has 0 unspecified atom stereocenters. The number of likely N-dealkylation sites (N-methyl/N-ethyl adjacent to an activating group) is 1. The Morgan fingerprint density at radius 2 is 2.02 bits per heavy atom. The number of amides is 1. The van der Waals surface area contributed by atoms with E-state index in [1.54, 1.807) is 32.4 Å². The van der Waals surface area contributed by atoms with E-state index in [-0.39, 0.29) is 30.9 Å². The van der Waals surface area contributed by atoms with Gasteiger partial charge in [-0.2, -0.15) is 5.21 Å². The predicted octanol–water partition coefficient (Wildman–Crippen LogP) is 2.84. The summed E-state index contributed by atoms with van der Waals surface area (Å²) < 4.78 is 17.4. The molecular formula is C29H28FN11O2. The van der Waals surface area contributed by atoms with E-state index in [4.69, 9.17) is 0 Å². The number of allylic oxidation sites excluding steroid dienone is 1. The standard InChI is InChI=1S/C29H28FN11O2/c1-17-13-40(24-8-7-21(30)10-23(17)24)22-11-32-15-39(14-22)16-41-25(12-33-27(29(41)43)34-28(42)18(2)31-3)19-5-4-6-20(9-19)26-35-37-38-36-26/h4-14,18,31H,15-16H2,1-3H3,(H,33,34,42)(H,35,36,37,38)/t18-/m0/s1. The Hall–Kier alpha value is -5.50. The van der Waals surface area contributed by atoms with E-state index in [0.29, 0.717) is 22.6 Å². The lowest BCUT2D eigenvalue weighted by Crippen LogP contribution is -2.39. The Kier molecular flexibility index (Phi) is 7.34. The average Bonchev–Trinajstić information content (AvgIpc) is 3.67. The second kappa shape index (κ2) is 11.4. The number of H-pyrrole nitrogens is 1. The van der Waals surface area contributed by atoms with Crippen LogP contribution in [0.5, 0.6) is 0 Å². The van der Waals surface area contributed by atoms with Crippen LogP contribution in [0.2, 0.25) is 0 Å². The van der Waals surface area contributed by atoms with Crippen LogP contribution in [0.4, 0.5) is 10.2 Å². The molecule has 0 saturated carbocycles. The third-order valence-electron chi connectivity index (χ3n) is 7.25. The Labute approximate surface area is 244 Å². The number of hydrogen-bond acceptors (Lipinski definition) is 9. The zero-order chi connectivity index (χ0) is 30.1. The van der Waals surface area contributed by atoms with Gasteiger partial charge in [0.1, 0.15) is 12.5 Å². The molecule has 0 bridgehead atoms. The first-order valence-corrected chi connectivity index (χ1v) is 13.5. The number of carbonyl (C=O) groups is 1. The minimum absolute atomic E-state index is 0.0936. The Bertz CT molecular complexity index is 1940. The molecule has 218 valence electrons. The number of nitrogens with zero attached hydrogens (tertiary/aromatic N) is 8. The van der Waals surface area contributed by atoms with Gasteiger partial charge in [-0.3, -0.25) is 19.1 Å². The topological polar surface area (TPSA) is 151 Å². The van der Waals surface area contributed by atoms with Crippen molar-refractivity contribution < 1.29 is 9.18 Å². The molecule has 1 aliphatic heterocycles. The molecule has 0 fully saturated rings. The van der Waals surface area contributed by atoms with Crippen LogP contribution in [0.15, 0.2) is 70.8 Å². The molecule has 14 heteroatoms. The Balaban J connectivity index is 1.41. The summed E-state index contributed by atoms with van der Waals surface area (Å²) in [6, 6.07) is 11.5. The number of halogens is 1. The first kappa shape index (κ1) is 27.7. The van der Waals surface area contributed by atoms with Gasteiger partial charge in [-0.1, -0.05) is 18.2 Å². The monoisotopic (exact) mass is 581 g/mol. The highest BCUT2D eigenvalue weighted by molar-refractivity contribution is 6.06. The highest BCUT2D eigenvalue weighted by Crippen LogP contribution is 2.27. The SMILES string of the molecule is CN[C@@H](C)C(=O)Nc1ncc(-c2cccc(-c3nn[nH]n3)c2)n(CN2C=C(n3cc(C)c4cc(F)ccc43)C=NC2)c1=O. The molecule has 1 atom stereocenters. The molecule has 1 aliphatic rings. The molecule has 5 aromatic rings. The third-order valence-corrected chi connectivity index (χ3v) is 7.25. The molecule has 4 heterocycles. The van der Waals surface area contributed by atoms with Crippen molar-refractivity contribution in [2.45, 2.75) is 26.6 Å². The summed E-state index contributed by atoms with van der Waals surface area (Å²) in [4.78, 5) is 37.2. The van der Waals surface area contributed by atoms with Crippen LogP contribution in [0, 0.1) is 12.7 Å². The number of tetrazole rings is 1. The number of aliphatic imine (C=N–C) groups is 1. The maximum Gasteiger partial charge on any atom is 0.295 e. The Morgan fingerprint density at radius 1 is 1.19 bits per heavy atom. The fourth-order valence-electron chi connectivity index (χ4n) is 4.87. The molecule has 0 saturated heterocycles. The van der Waals surface area contributed by atoms with Crippen LogP contribution in [0.1, 0.15) is 12.5 Å². The quantitative estimate of drug-likeness (QED) is 0.253. The first-order chi connectivity index (χ1) is 20.8. The van der Waals surface area contributed by atoms with E-state index in [2.05, 4.69) is 41.2 Å². The lowest BCUT2D eigenvalue weighted by atomic mass is 10.1. The van der Waals surface area contributed by atoms with Crippen molar-refractivity contribution in [1.29, 1.82) is 0 Å². The van der Waals surface area contributed by atoms with Crippen LogP contribution in [0.25, 0.3) is 39.2 Å². The summed E-state index contributed by atoms with van der Waals surface area (Å²) in [5.74, 6) is -0.382. The zero-order valence-electron chi connectivity index (χ0n) is 23.6. The number of rotatable bonds is 8. The highest BCUT2D eigenvalue weighted by Gasteiger charge is 2.20. The summed E-state index contributed by atoms with van der Waals surface area (Å²) in [5, 5.41) is 20.5. The number of aromatic nitrogens is 7. The van der Waals surface area contributed by atoms with E-state index in [1.165, 1.54) is 16.7 Å². The molecule has 3 aromatic heterocycles. The molecule has 2 aromatic carbocycles. The second-order valence-corrected chi connectivity index (χ2v) is 10.1. The third kappa shape index (κ3) is 5.42. The molecule has 1 amide bonds. The molecule has 6 rings (SSSR count). The number of fused-ring (bicyclic) bond motifs is 1. The van der Waals surface area contributed by atoms with Crippen molar-refractivity contribution >= 4 is 34.5 Å². The van der Waals surface area contributed by atoms with Gasteiger partial charge in [0.2, 0.25) is 11.7 Å². The van der Waals surface area contributed by atoms with Gasteiger partial charge in [0.05, 0.1) is 35.8 Å². The molecule has 43 heavy (non-hydrogen) atoms. The minimum Gasteiger partial charge on any atom is -0.338 e. The summed E-state index contributed by atoms with van der Waals surface area (Å²) >= 11 is 0.